The molecule has 1 aromatic heterocycles. The van der Waals surface area contributed by atoms with Gasteiger partial charge in [-0.25, -0.2) is 0 Å². The van der Waals surface area contributed by atoms with Gasteiger partial charge in [0.2, 0.25) is 0 Å². The van der Waals surface area contributed by atoms with Crippen LogP contribution in [-0.4, -0.2) is 11.7 Å². The van der Waals surface area contributed by atoms with Crippen molar-refractivity contribution in [1.29, 1.82) is 0 Å². The maximum atomic E-state index is 9.14. The zero-order chi connectivity index (χ0) is 9.84. The van der Waals surface area contributed by atoms with Crippen LogP contribution in [0, 0.1) is 11.8 Å². The normalized spacial score (nSPS) is 13.6. The van der Waals surface area contributed by atoms with E-state index in [1.165, 1.54) is 4.88 Å². The van der Waals surface area contributed by atoms with Crippen molar-refractivity contribution in [3.8, 4) is 0 Å². The Labute approximate surface area is 88.4 Å². The summed E-state index contributed by atoms with van der Waals surface area (Å²) < 4.78 is 0.829. The van der Waals surface area contributed by atoms with Gasteiger partial charge in [-0.05, 0) is 30.4 Å². The lowest BCUT2D eigenvalue weighted by molar-refractivity contribution is 0.190. The topological polar surface area (TPSA) is 20.2 Å². The van der Waals surface area contributed by atoms with Crippen molar-refractivity contribution >= 4 is 22.9 Å². The molecule has 1 unspecified atom stereocenters. The van der Waals surface area contributed by atoms with Crippen molar-refractivity contribution in [2.24, 2.45) is 11.8 Å². The van der Waals surface area contributed by atoms with Gasteiger partial charge >= 0.3 is 0 Å². The molecule has 1 N–H and O–H groups in total. The van der Waals surface area contributed by atoms with E-state index in [0.717, 1.165) is 10.8 Å². The predicted molar refractivity (Wildman–Crippen MR) is 58.4 cm³/mol. The average Bonchev–Trinajstić information content (AvgIpc) is 2.46. The highest BCUT2D eigenvalue weighted by atomic mass is 35.5. The van der Waals surface area contributed by atoms with E-state index in [4.69, 9.17) is 16.7 Å². The largest absolute Gasteiger partial charge is 0.396 e. The highest BCUT2D eigenvalue weighted by Gasteiger charge is 2.13. The van der Waals surface area contributed by atoms with Crippen molar-refractivity contribution in [1.82, 2.24) is 0 Å². The van der Waals surface area contributed by atoms with Crippen LogP contribution in [-0.2, 0) is 6.42 Å². The smallest absolute Gasteiger partial charge is 0.0931 e. The molecule has 0 spiro atoms. The van der Waals surface area contributed by atoms with Gasteiger partial charge in [-0.15, -0.1) is 11.3 Å². The molecule has 1 atom stereocenters. The molecule has 0 radical (unpaired) electrons. The molecule has 0 aliphatic rings. The summed E-state index contributed by atoms with van der Waals surface area (Å²) in [6, 6.07) is 3.95. The average molecular weight is 219 g/mol. The standard InChI is InChI=1S/C10H15ClOS/c1-7(2)8(6-12)5-9-3-4-10(11)13-9/h3-4,7-8,12H,5-6H2,1-2H3. The summed E-state index contributed by atoms with van der Waals surface area (Å²) in [5.41, 5.74) is 0. The number of aliphatic hydroxyl groups excluding tert-OH is 1. The van der Waals surface area contributed by atoms with Crippen LogP contribution in [0.2, 0.25) is 4.34 Å². The quantitative estimate of drug-likeness (QED) is 0.823. The highest BCUT2D eigenvalue weighted by molar-refractivity contribution is 7.16. The zero-order valence-corrected chi connectivity index (χ0v) is 9.53. The lowest BCUT2D eigenvalue weighted by Crippen LogP contribution is -2.15. The van der Waals surface area contributed by atoms with Gasteiger partial charge < -0.3 is 5.11 Å². The van der Waals surface area contributed by atoms with Crippen LogP contribution in [0.4, 0.5) is 0 Å². The van der Waals surface area contributed by atoms with Crippen LogP contribution in [0.15, 0.2) is 12.1 Å². The minimum atomic E-state index is 0.257. The van der Waals surface area contributed by atoms with E-state index < -0.39 is 0 Å². The molecule has 1 rings (SSSR count). The number of aliphatic hydroxyl groups is 1. The number of halogens is 1. The van der Waals surface area contributed by atoms with E-state index in [9.17, 15) is 0 Å². The van der Waals surface area contributed by atoms with Gasteiger partial charge in [0.15, 0.2) is 0 Å². The second-order valence-electron chi connectivity index (χ2n) is 3.60. The maximum Gasteiger partial charge on any atom is 0.0931 e. The fourth-order valence-electron chi connectivity index (χ4n) is 1.23. The Morgan fingerprint density at radius 2 is 2.15 bits per heavy atom. The Kier molecular flexibility index (Phi) is 4.23. The first-order chi connectivity index (χ1) is 6.13. The summed E-state index contributed by atoms with van der Waals surface area (Å²) in [5.74, 6) is 0.876. The van der Waals surface area contributed by atoms with Crippen LogP contribution in [0.3, 0.4) is 0 Å². The summed E-state index contributed by atoms with van der Waals surface area (Å²) in [6.45, 7) is 4.53. The molecule has 0 saturated heterocycles. The Balaban J connectivity index is 2.56. The monoisotopic (exact) mass is 218 g/mol. The summed E-state index contributed by atoms with van der Waals surface area (Å²) in [4.78, 5) is 1.26. The van der Waals surface area contributed by atoms with E-state index in [1.807, 2.05) is 12.1 Å². The van der Waals surface area contributed by atoms with Crippen LogP contribution >= 0.6 is 22.9 Å². The molecule has 1 nitrogen and oxygen atoms in total. The molecule has 3 heteroatoms. The molecular formula is C10H15ClOS. The van der Waals surface area contributed by atoms with Gasteiger partial charge in [-0.2, -0.15) is 0 Å². The molecule has 1 heterocycles. The number of hydrogen-bond donors (Lipinski definition) is 1. The minimum Gasteiger partial charge on any atom is -0.396 e. The Hall–Kier alpha value is -0.0500. The van der Waals surface area contributed by atoms with Crippen molar-refractivity contribution in [3.05, 3.63) is 21.3 Å². The van der Waals surface area contributed by atoms with Crippen LogP contribution < -0.4 is 0 Å². The van der Waals surface area contributed by atoms with E-state index in [2.05, 4.69) is 13.8 Å². The SMILES string of the molecule is CC(C)C(CO)Cc1ccc(Cl)s1. The van der Waals surface area contributed by atoms with Crippen LogP contribution in [0.25, 0.3) is 0 Å². The lowest BCUT2D eigenvalue weighted by atomic mass is 9.93. The first-order valence-corrected chi connectivity index (χ1v) is 5.68. The van der Waals surface area contributed by atoms with E-state index >= 15 is 0 Å². The Morgan fingerprint density at radius 3 is 2.54 bits per heavy atom. The predicted octanol–water partition coefficient (Wildman–Crippen LogP) is 3.21. The second kappa shape index (κ2) is 4.99. The van der Waals surface area contributed by atoms with Gasteiger partial charge in [-0.1, -0.05) is 25.4 Å². The molecule has 0 aromatic carbocycles. The Morgan fingerprint density at radius 1 is 1.46 bits per heavy atom. The zero-order valence-electron chi connectivity index (χ0n) is 7.96. The fourth-order valence-corrected chi connectivity index (χ4v) is 2.41. The summed E-state index contributed by atoms with van der Waals surface area (Å²) in [7, 11) is 0. The van der Waals surface area contributed by atoms with Gasteiger partial charge in [0.05, 0.1) is 4.34 Å². The third-order valence-corrected chi connectivity index (χ3v) is 3.52. The van der Waals surface area contributed by atoms with Gasteiger partial charge in [0.1, 0.15) is 0 Å². The molecule has 1 aromatic rings. The van der Waals surface area contributed by atoms with Crippen molar-refractivity contribution in [3.63, 3.8) is 0 Å². The first-order valence-electron chi connectivity index (χ1n) is 4.48. The van der Waals surface area contributed by atoms with Crippen molar-refractivity contribution < 1.29 is 5.11 Å². The van der Waals surface area contributed by atoms with E-state index in [-0.39, 0.29) is 6.61 Å². The molecule has 0 bridgehead atoms. The van der Waals surface area contributed by atoms with Crippen LogP contribution in [0.5, 0.6) is 0 Å². The van der Waals surface area contributed by atoms with Gasteiger partial charge in [0, 0.05) is 11.5 Å². The number of rotatable bonds is 4. The van der Waals surface area contributed by atoms with E-state index in [1.54, 1.807) is 11.3 Å². The molecule has 0 saturated carbocycles. The molecule has 13 heavy (non-hydrogen) atoms. The van der Waals surface area contributed by atoms with E-state index in [0.29, 0.717) is 11.8 Å². The third kappa shape index (κ3) is 3.29. The van der Waals surface area contributed by atoms with Crippen molar-refractivity contribution in [2.75, 3.05) is 6.61 Å². The fraction of sp³-hybridized carbons (Fsp3) is 0.600. The van der Waals surface area contributed by atoms with Crippen LogP contribution in [0.1, 0.15) is 18.7 Å². The summed E-state index contributed by atoms with van der Waals surface area (Å²) >= 11 is 7.43. The minimum absolute atomic E-state index is 0.257. The third-order valence-electron chi connectivity index (χ3n) is 2.27. The summed E-state index contributed by atoms with van der Waals surface area (Å²) in [5, 5.41) is 9.14. The first kappa shape index (κ1) is 11.0. The summed E-state index contributed by atoms with van der Waals surface area (Å²) in [6.07, 6.45) is 0.936. The maximum absolute atomic E-state index is 9.14. The molecule has 0 aliphatic carbocycles. The molecule has 0 aliphatic heterocycles. The number of thiophene rings is 1. The number of hydrogen-bond acceptors (Lipinski definition) is 2. The van der Waals surface area contributed by atoms with Crippen molar-refractivity contribution in [2.45, 2.75) is 20.3 Å². The lowest BCUT2D eigenvalue weighted by Gasteiger charge is -2.16. The Bertz CT molecular complexity index is 257. The van der Waals surface area contributed by atoms with Gasteiger partial charge in [-0.3, -0.25) is 0 Å². The molecule has 0 amide bonds. The molecular weight excluding hydrogens is 204 g/mol. The molecule has 0 fully saturated rings. The molecule has 74 valence electrons. The highest BCUT2D eigenvalue weighted by Crippen LogP contribution is 2.25. The second-order valence-corrected chi connectivity index (χ2v) is 5.40. The van der Waals surface area contributed by atoms with Gasteiger partial charge in [0.25, 0.3) is 0 Å².